The second-order valence-electron chi connectivity index (χ2n) is 3.97. The molecule has 84 valence electrons. The Labute approximate surface area is 95.7 Å². The summed E-state index contributed by atoms with van der Waals surface area (Å²) >= 11 is 0. The number of hydrogen-bond donors (Lipinski definition) is 0. The van der Waals surface area contributed by atoms with E-state index in [0.717, 1.165) is 5.56 Å². The Morgan fingerprint density at radius 3 is 2.13 bits per heavy atom. The van der Waals surface area contributed by atoms with Crippen molar-refractivity contribution in [3.63, 3.8) is 0 Å². The summed E-state index contributed by atoms with van der Waals surface area (Å²) in [5, 5.41) is 0. The molecule has 4 heteroatoms. The minimum Gasteiger partial charge on any atom is -0.212 e. The Kier molecular flexibility index (Phi) is 4.17. The molecule has 0 radical (unpaired) electrons. The Morgan fingerprint density at radius 2 is 1.73 bits per heavy atom. The van der Waals surface area contributed by atoms with Gasteiger partial charge in [0.25, 0.3) is 0 Å². The van der Waals surface area contributed by atoms with Gasteiger partial charge in [0.05, 0.1) is 5.75 Å². The lowest BCUT2D eigenvalue weighted by molar-refractivity contribution is 0.525. The molecule has 1 atom stereocenters. The Morgan fingerprint density at radius 1 is 1.20 bits per heavy atom. The van der Waals surface area contributed by atoms with Crippen LogP contribution in [0.3, 0.4) is 0 Å². The standard InChI is InChI=1S/C11H15ClO2S/c1-9(2)11(8-15(12,13)14)10-6-4-3-5-7-10/h3-7,9,11H,8H2,1-2H3. The number of halogens is 1. The average Bonchev–Trinajstić information content (AvgIpc) is 2.14. The van der Waals surface area contributed by atoms with Gasteiger partial charge in [-0.25, -0.2) is 8.42 Å². The van der Waals surface area contributed by atoms with Crippen molar-refractivity contribution in [2.75, 3.05) is 5.75 Å². The van der Waals surface area contributed by atoms with Crippen LogP contribution in [-0.4, -0.2) is 14.2 Å². The smallest absolute Gasteiger partial charge is 0.212 e. The third-order valence-corrected chi connectivity index (χ3v) is 3.55. The molecular weight excluding hydrogens is 232 g/mol. The summed E-state index contributed by atoms with van der Waals surface area (Å²) in [5.74, 6) is 0.214. The van der Waals surface area contributed by atoms with Gasteiger partial charge < -0.3 is 0 Å². The predicted octanol–water partition coefficient (Wildman–Crippen LogP) is 2.99. The van der Waals surface area contributed by atoms with Crippen LogP contribution in [0.25, 0.3) is 0 Å². The first-order valence-corrected chi connectivity index (χ1v) is 7.35. The monoisotopic (exact) mass is 246 g/mol. The largest absolute Gasteiger partial charge is 0.233 e. The van der Waals surface area contributed by atoms with E-state index in [2.05, 4.69) is 0 Å². The summed E-state index contributed by atoms with van der Waals surface area (Å²) in [6.45, 7) is 4.00. The fourth-order valence-electron chi connectivity index (χ4n) is 1.59. The van der Waals surface area contributed by atoms with Crippen LogP contribution in [0.1, 0.15) is 25.3 Å². The fourth-order valence-corrected chi connectivity index (χ4v) is 3.00. The first kappa shape index (κ1) is 12.5. The minimum absolute atomic E-state index is 0.00373. The fraction of sp³-hybridized carbons (Fsp3) is 0.455. The van der Waals surface area contributed by atoms with E-state index >= 15 is 0 Å². The van der Waals surface area contributed by atoms with Gasteiger partial charge in [0.2, 0.25) is 9.05 Å². The molecule has 0 N–H and O–H groups in total. The molecule has 15 heavy (non-hydrogen) atoms. The van der Waals surface area contributed by atoms with Crippen molar-refractivity contribution in [2.24, 2.45) is 5.92 Å². The highest BCUT2D eigenvalue weighted by Crippen LogP contribution is 2.26. The summed E-state index contributed by atoms with van der Waals surface area (Å²) in [6, 6.07) is 9.60. The maximum Gasteiger partial charge on any atom is 0.233 e. The molecule has 1 aromatic rings. The topological polar surface area (TPSA) is 34.1 Å². The van der Waals surface area contributed by atoms with Gasteiger partial charge in [-0.15, -0.1) is 0 Å². The highest BCUT2D eigenvalue weighted by atomic mass is 35.7. The third kappa shape index (κ3) is 4.22. The molecule has 1 aromatic carbocycles. The Hall–Kier alpha value is -0.540. The normalized spacial score (nSPS) is 14.1. The van der Waals surface area contributed by atoms with Gasteiger partial charge in [-0.3, -0.25) is 0 Å². The maximum atomic E-state index is 11.1. The van der Waals surface area contributed by atoms with E-state index in [1.807, 2.05) is 44.2 Å². The van der Waals surface area contributed by atoms with E-state index in [9.17, 15) is 8.42 Å². The second-order valence-corrected chi connectivity index (χ2v) is 6.79. The van der Waals surface area contributed by atoms with Crippen molar-refractivity contribution in [1.29, 1.82) is 0 Å². The van der Waals surface area contributed by atoms with E-state index in [-0.39, 0.29) is 17.6 Å². The molecule has 0 amide bonds. The molecule has 0 fully saturated rings. The van der Waals surface area contributed by atoms with E-state index in [4.69, 9.17) is 10.7 Å². The predicted molar refractivity (Wildman–Crippen MR) is 63.7 cm³/mol. The van der Waals surface area contributed by atoms with E-state index in [1.54, 1.807) is 0 Å². The molecule has 0 bridgehead atoms. The van der Waals surface area contributed by atoms with E-state index in [1.165, 1.54) is 0 Å². The summed E-state index contributed by atoms with van der Waals surface area (Å²) < 4.78 is 22.2. The molecule has 0 aliphatic rings. The van der Waals surface area contributed by atoms with Gasteiger partial charge in [-0.1, -0.05) is 44.2 Å². The lowest BCUT2D eigenvalue weighted by atomic mass is 9.90. The maximum absolute atomic E-state index is 11.1. The first-order chi connectivity index (χ1) is 6.90. The summed E-state index contributed by atoms with van der Waals surface area (Å²) in [7, 11) is 1.85. The van der Waals surface area contributed by atoms with Gasteiger partial charge >= 0.3 is 0 Å². The van der Waals surface area contributed by atoms with Crippen LogP contribution < -0.4 is 0 Å². The minimum atomic E-state index is -3.44. The summed E-state index contributed by atoms with van der Waals surface area (Å²) in [6.07, 6.45) is 0. The molecule has 0 heterocycles. The van der Waals surface area contributed by atoms with Crippen LogP contribution >= 0.6 is 10.7 Å². The van der Waals surface area contributed by atoms with Crippen LogP contribution in [0.4, 0.5) is 0 Å². The lowest BCUT2D eigenvalue weighted by Crippen LogP contribution is -2.15. The van der Waals surface area contributed by atoms with Crippen LogP contribution in [0, 0.1) is 5.92 Å². The van der Waals surface area contributed by atoms with Crippen molar-refractivity contribution in [3.05, 3.63) is 35.9 Å². The van der Waals surface area contributed by atoms with Gasteiger partial charge in [0.15, 0.2) is 0 Å². The zero-order valence-corrected chi connectivity index (χ0v) is 10.4. The first-order valence-electron chi connectivity index (χ1n) is 4.87. The quantitative estimate of drug-likeness (QED) is 0.766. The summed E-state index contributed by atoms with van der Waals surface area (Å²) in [5.41, 5.74) is 1.02. The van der Waals surface area contributed by atoms with Gasteiger partial charge in [-0.2, -0.15) is 0 Å². The zero-order valence-electron chi connectivity index (χ0n) is 8.85. The molecule has 0 aromatic heterocycles. The molecular formula is C11H15ClO2S. The average molecular weight is 247 g/mol. The van der Waals surface area contributed by atoms with Gasteiger partial charge in [-0.05, 0) is 11.5 Å². The SMILES string of the molecule is CC(C)C(CS(=O)(=O)Cl)c1ccccc1. The molecule has 0 saturated carbocycles. The molecule has 0 spiro atoms. The molecule has 1 unspecified atom stereocenters. The highest BCUT2D eigenvalue weighted by Gasteiger charge is 2.21. The summed E-state index contributed by atoms with van der Waals surface area (Å²) in [4.78, 5) is 0. The second kappa shape index (κ2) is 4.99. The number of benzene rings is 1. The van der Waals surface area contributed by atoms with Gasteiger partial charge in [0.1, 0.15) is 0 Å². The third-order valence-electron chi connectivity index (χ3n) is 2.41. The Balaban J connectivity index is 2.95. The molecule has 1 rings (SSSR count). The van der Waals surface area contributed by atoms with E-state index < -0.39 is 9.05 Å². The van der Waals surface area contributed by atoms with Crippen LogP contribution in [0.5, 0.6) is 0 Å². The lowest BCUT2D eigenvalue weighted by Gasteiger charge is -2.19. The van der Waals surface area contributed by atoms with Crippen LogP contribution in [0.2, 0.25) is 0 Å². The molecule has 2 nitrogen and oxygen atoms in total. The van der Waals surface area contributed by atoms with Crippen molar-refractivity contribution in [2.45, 2.75) is 19.8 Å². The molecule has 0 aliphatic heterocycles. The van der Waals surface area contributed by atoms with Crippen molar-refractivity contribution in [3.8, 4) is 0 Å². The van der Waals surface area contributed by atoms with Gasteiger partial charge in [0, 0.05) is 16.6 Å². The molecule has 0 saturated heterocycles. The highest BCUT2D eigenvalue weighted by molar-refractivity contribution is 8.13. The van der Waals surface area contributed by atoms with Crippen molar-refractivity contribution >= 4 is 19.7 Å². The van der Waals surface area contributed by atoms with Crippen LogP contribution in [-0.2, 0) is 9.05 Å². The zero-order chi connectivity index (χ0) is 11.5. The van der Waals surface area contributed by atoms with Crippen LogP contribution in [0.15, 0.2) is 30.3 Å². The van der Waals surface area contributed by atoms with Crippen molar-refractivity contribution in [1.82, 2.24) is 0 Å². The number of rotatable bonds is 4. The molecule has 0 aliphatic carbocycles. The number of hydrogen-bond acceptors (Lipinski definition) is 2. The Bertz CT molecular complexity index is 398. The van der Waals surface area contributed by atoms with E-state index in [0.29, 0.717) is 0 Å². The van der Waals surface area contributed by atoms with Crippen molar-refractivity contribution < 1.29 is 8.42 Å².